The number of hydrogen-bond acceptors (Lipinski definition) is 5. The SMILES string of the molecule is CC1(C)CC(=O)c2cnc3c(C(=O)NCCCN4CCCC4)cnn3c2C1. The third-order valence-corrected chi connectivity index (χ3v) is 5.59. The first-order valence-electron chi connectivity index (χ1n) is 9.84. The number of rotatable bonds is 5. The van der Waals surface area contributed by atoms with E-state index < -0.39 is 0 Å². The summed E-state index contributed by atoms with van der Waals surface area (Å²) in [6.45, 7) is 8.18. The molecule has 1 saturated heterocycles. The average Bonchev–Trinajstić information content (AvgIpc) is 3.27. The Kier molecular flexibility index (Phi) is 4.72. The van der Waals surface area contributed by atoms with E-state index in [1.54, 1.807) is 16.9 Å². The van der Waals surface area contributed by atoms with Crippen LogP contribution in [0.1, 0.15) is 65.9 Å². The molecule has 4 rings (SSSR count). The fraction of sp³-hybridized carbons (Fsp3) is 0.600. The lowest BCUT2D eigenvalue weighted by Gasteiger charge is -2.29. The number of amides is 1. The van der Waals surface area contributed by atoms with Crippen LogP contribution in [0.15, 0.2) is 12.4 Å². The van der Waals surface area contributed by atoms with Crippen molar-refractivity contribution in [2.45, 2.75) is 46.0 Å². The molecule has 0 atom stereocenters. The molecule has 7 nitrogen and oxygen atoms in total. The number of carbonyl (C=O) groups is 2. The highest BCUT2D eigenvalue weighted by atomic mass is 16.1. The number of nitrogens with one attached hydrogen (secondary N) is 1. The summed E-state index contributed by atoms with van der Waals surface area (Å²) in [7, 11) is 0. The van der Waals surface area contributed by atoms with Gasteiger partial charge in [-0.05, 0) is 50.7 Å². The smallest absolute Gasteiger partial charge is 0.256 e. The zero-order chi connectivity index (χ0) is 19.0. The molecule has 0 radical (unpaired) electrons. The average molecular weight is 369 g/mol. The van der Waals surface area contributed by atoms with Crippen molar-refractivity contribution in [3.05, 3.63) is 29.2 Å². The van der Waals surface area contributed by atoms with Crippen LogP contribution in [0.5, 0.6) is 0 Å². The van der Waals surface area contributed by atoms with Gasteiger partial charge in [-0.3, -0.25) is 9.59 Å². The van der Waals surface area contributed by atoms with Gasteiger partial charge in [-0.25, -0.2) is 9.50 Å². The molecule has 0 aromatic carbocycles. The Balaban J connectivity index is 1.48. The molecule has 1 N–H and O–H groups in total. The van der Waals surface area contributed by atoms with Gasteiger partial charge in [0.05, 0.1) is 17.5 Å². The number of carbonyl (C=O) groups excluding carboxylic acids is 2. The quantitative estimate of drug-likeness (QED) is 0.817. The molecule has 2 aromatic heterocycles. The van der Waals surface area contributed by atoms with Gasteiger partial charge >= 0.3 is 0 Å². The van der Waals surface area contributed by atoms with Crippen LogP contribution in [0, 0.1) is 5.41 Å². The Hall–Kier alpha value is -2.28. The number of Topliss-reactive ketones (excluding diaryl/α,β-unsaturated/α-hetero) is 1. The maximum absolute atomic E-state index is 12.6. The molecule has 1 aliphatic carbocycles. The third-order valence-electron chi connectivity index (χ3n) is 5.59. The molecule has 0 spiro atoms. The summed E-state index contributed by atoms with van der Waals surface area (Å²) in [6, 6.07) is 0. The van der Waals surface area contributed by atoms with E-state index in [9.17, 15) is 9.59 Å². The summed E-state index contributed by atoms with van der Waals surface area (Å²) < 4.78 is 1.67. The fourth-order valence-electron chi connectivity index (χ4n) is 4.19. The highest BCUT2D eigenvalue weighted by Crippen LogP contribution is 2.34. The van der Waals surface area contributed by atoms with E-state index in [1.807, 2.05) is 0 Å². The van der Waals surface area contributed by atoms with Crippen molar-refractivity contribution in [3.63, 3.8) is 0 Å². The van der Waals surface area contributed by atoms with Crippen molar-refractivity contribution in [3.8, 4) is 0 Å². The van der Waals surface area contributed by atoms with E-state index in [0.29, 0.717) is 29.7 Å². The third kappa shape index (κ3) is 3.60. The van der Waals surface area contributed by atoms with Crippen LogP contribution in [0.3, 0.4) is 0 Å². The summed E-state index contributed by atoms with van der Waals surface area (Å²) >= 11 is 0. The van der Waals surface area contributed by atoms with E-state index >= 15 is 0 Å². The first kappa shape index (κ1) is 18.1. The van der Waals surface area contributed by atoms with Gasteiger partial charge < -0.3 is 10.2 Å². The van der Waals surface area contributed by atoms with Crippen LogP contribution < -0.4 is 5.32 Å². The summed E-state index contributed by atoms with van der Waals surface area (Å²) in [6.07, 6.45) is 7.92. The standard InChI is InChI=1S/C20H27N5O2/c1-20(2)10-16-14(17(26)11-20)12-22-18-15(13-23-25(16)18)19(27)21-6-5-9-24-7-3-4-8-24/h12-13H,3-11H2,1-2H3,(H,21,27). The topological polar surface area (TPSA) is 79.6 Å². The van der Waals surface area contributed by atoms with Gasteiger partial charge in [-0.2, -0.15) is 5.10 Å². The molecule has 1 fully saturated rings. The Labute approximate surface area is 159 Å². The van der Waals surface area contributed by atoms with E-state index in [4.69, 9.17) is 0 Å². The Morgan fingerprint density at radius 1 is 1.22 bits per heavy atom. The predicted octanol–water partition coefficient (Wildman–Crippen LogP) is 2.10. The van der Waals surface area contributed by atoms with Gasteiger partial charge in [-0.15, -0.1) is 0 Å². The van der Waals surface area contributed by atoms with Crippen LogP contribution in [-0.2, 0) is 6.42 Å². The molecule has 2 aromatic rings. The number of hydrogen-bond donors (Lipinski definition) is 1. The first-order chi connectivity index (χ1) is 12.9. The number of nitrogens with zero attached hydrogens (tertiary/aromatic N) is 4. The molecular formula is C20H27N5O2. The zero-order valence-corrected chi connectivity index (χ0v) is 16.1. The number of likely N-dealkylation sites (tertiary alicyclic amines) is 1. The van der Waals surface area contributed by atoms with Gasteiger partial charge in [0.15, 0.2) is 11.4 Å². The minimum Gasteiger partial charge on any atom is -0.352 e. The van der Waals surface area contributed by atoms with Crippen molar-refractivity contribution in [1.29, 1.82) is 0 Å². The Morgan fingerprint density at radius 2 is 2.00 bits per heavy atom. The summed E-state index contributed by atoms with van der Waals surface area (Å²) in [4.78, 5) is 31.8. The number of fused-ring (bicyclic) bond motifs is 3. The molecule has 7 heteroatoms. The molecule has 0 unspecified atom stereocenters. The van der Waals surface area contributed by atoms with Gasteiger partial charge in [0, 0.05) is 19.2 Å². The molecule has 1 amide bonds. The largest absolute Gasteiger partial charge is 0.352 e. The van der Waals surface area contributed by atoms with Crippen LogP contribution in [0.4, 0.5) is 0 Å². The summed E-state index contributed by atoms with van der Waals surface area (Å²) in [5, 5.41) is 7.36. The number of aromatic nitrogens is 3. The van der Waals surface area contributed by atoms with Crippen LogP contribution in [-0.4, -0.2) is 57.4 Å². The molecule has 2 aliphatic rings. The normalized spacial score (nSPS) is 19.4. The van der Waals surface area contributed by atoms with Crippen LogP contribution in [0.2, 0.25) is 0 Å². The minimum absolute atomic E-state index is 0.0964. The van der Waals surface area contributed by atoms with Crippen molar-refractivity contribution in [2.75, 3.05) is 26.2 Å². The second-order valence-corrected chi connectivity index (χ2v) is 8.51. The van der Waals surface area contributed by atoms with Crippen molar-refractivity contribution in [1.82, 2.24) is 24.8 Å². The van der Waals surface area contributed by atoms with E-state index in [1.165, 1.54) is 25.9 Å². The molecule has 0 bridgehead atoms. The van der Waals surface area contributed by atoms with Crippen molar-refractivity contribution >= 4 is 17.3 Å². The molecule has 3 heterocycles. The van der Waals surface area contributed by atoms with E-state index in [-0.39, 0.29) is 17.1 Å². The van der Waals surface area contributed by atoms with E-state index in [2.05, 4.69) is 34.1 Å². The molecule has 0 saturated carbocycles. The lowest BCUT2D eigenvalue weighted by atomic mass is 9.76. The molecular weight excluding hydrogens is 342 g/mol. The Bertz CT molecular complexity index is 880. The molecule has 1 aliphatic heterocycles. The lowest BCUT2D eigenvalue weighted by molar-refractivity contribution is 0.0907. The van der Waals surface area contributed by atoms with E-state index in [0.717, 1.165) is 25.1 Å². The Morgan fingerprint density at radius 3 is 2.78 bits per heavy atom. The monoisotopic (exact) mass is 369 g/mol. The highest BCUT2D eigenvalue weighted by molar-refractivity contribution is 6.01. The van der Waals surface area contributed by atoms with Crippen LogP contribution in [0.25, 0.3) is 5.65 Å². The number of ketones is 1. The second-order valence-electron chi connectivity index (χ2n) is 8.51. The lowest BCUT2D eigenvalue weighted by Crippen LogP contribution is -2.30. The predicted molar refractivity (Wildman–Crippen MR) is 102 cm³/mol. The summed E-state index contributed by atoms with van der Waals surface area (Å²) in [5.41, 5.74) is 2.37. The van der Waals surface area contributed by atoms with Gasteiger partial charge in [0.1, 0.15) is 5.56 Å². The van der Waals surface area contributed by atoms with Gasteiger partial charge in [-0.1, -0.05) is 13.8 Å². The molecule has 27 heavy (non-hydrogen) atoms. The summed E-state index contributed by atoms with van der Waals surface area (Å²) in [5.74, 6) is -0.0562. The molecule has 144 valence electrons. The van der Waals surface area contributed by atoms with Gasteiger partial charge in [0.2, 0.25) is 0 Å². The zero-order valence-electron chi connectivity index (χ0n) is 16.1. The fourth-order valence-corrected chi connectivity index (χ4v) is 4.19. The maximum Gasteiger partial charge on any atom is 0.256 e. The van der Waals surface area contributed by atoms with Gasteiger partial charge in [0.25, 0.3) is 5.91 Å². The minimum atomic E-state index is -0.153. The van der Waals surface area contributed by atoms with Crippen molar-refractivity contribution < 1.29 is 9.59 Å². The van der Waals surface area contributed by atoms with Crippen LogP contribution >= 0.6 is 0 Å². The highest BCUT2D eigenvalue weighted by Gasteiger charge is 2.33. The second kappa shape index (κ2) is 7.03. The first-order valence-corrected chi connectivity index (χ1v) is 9.84. The van der Waals surface area contributed by atoms with Crippen molar-refractivity contribution in [2.24, 2.45) is 5.41 Å². The maximum atomic E-state index is 12.6.